The van der Waals surface area contributed by atoms with Crippen molar-refractivity contribution < 1.29 is 17.9 Å². The average molecular weight is 310 g/mol. The lowest BCUT2D eigenvalue weighted by Gasteiger charge is -2.10. The monoisotopic (exact) mass is 310 g/mol. The lowest BCUT2D eigenvalue weighted by atomic mass is 10.1. The zero-order valence-corrected chi connectivity index (χ0v) is 13.0. The Morgan fingerprint density at radius 3 is 2.57 bits per heavy atom. The van der Waals surface area contributed by atoms with Crippen LogP contribution < -0.4 is 4.72 Å². The van der Waals surface area contributed by atoms with Gasteiger partial charge in [-0.2, -0.15) is 0 Å². The summed E-state index contributed by atoms with van der Waals surface area (Å²) in [6, 6.07) is 4.80. The van der Waals surface area contributed by atoms with Gasteiger partial charge in [0.2, 0.25) is 15.9 Å². The van der Waals surface area contributed by atoms with Crippen LogP contribution in [0.4, 0.5) is 0 Å². The molecule has 6 nitrogen and oxygen atoms in total. The van der Waals surface area contributed by atoms with Gasteiger partial charge < -0.3 is 9.52 Å². The molecule has 0 saturated heterocycles. The Balaban J connectivity index is 2.23. The molecule has 0 aliphatic carbocycles. The molecule has 0 fully saturated rings. The zero-order chi connectivity index (χ0) is 15.6. The largest absolute Gasteiger partial charge is 0.444 e. The van der Waals surface area contributed by atoms with Crippen molar-refractivity contribution in [1.82, 2.24) is 9.71 Å². The first-order chi connectivity index (χ1) is 9.85. The molecule has 0 unspecified atom stereocenters. The Hall–Kier alpha value is -1.70. The quantitative estimate of drug-likeness (QED) is 0.874. The van der Waals surface area contributed by atoms with Crippen LogP contribution >= 0.6 is 0 Å². The van der Waals surface area contributed by atoms with Gasteiger partial charge in [-0.25, -0.2) is 18.1 Å². The van der Waals surface area contributed by atoms with Crippen molar-refractivity contribution in [3.8, 4) is 0 Å². The van der Waals surface area contributed by atoms with Crippen molar-refractivity contribution in [2.45, 2.75) is 38.8 Å². The molecule has 0 bridgehead atoms. The molecule has 0 radical (unpaired) electrons. The molecule has 21 heavy (non-hydrogen) atoms. The molecule has 0 aliphatic heterocycles. The Morgan fingerprint density at radius 1 is 1.29 bits per heavy atom. The number of aromatic nitrogens is 1. The summed E-state index contributed by atoms with van der Waals surface area (Å²) in [5.74, 6) is 0.993. The fraction of sp³-hybridized carbons (Fsp3) is 0.357. The number of rotatable bonds is 5. The first kappa shape index (κ1) is 15.7. The van der Waals surface area contributed by atoms with E-state index in [-0.39, 0.29) is 18.0 Å². The molecule has 2 rings (SSSR count). The van der Waals surface area contributed by atoms with Crippen molar-refractivity contribution >= 4 is 10.0 Å². The minimum absolute atomic E-state index is 0.0141. The van der Waals surface area contributed by atoms with Crippen molar-refractivity contribution in [2.24, 2.45) is 0 Å². The van der Waals surface area contributed by atoms with Crippen LogP contribution in [0.2, 0.25) is 0 Å². The molecule has 2 N–H and O–H groups in total. The fourth-order valence-corrected chi connectivity index (χ4v) is 3.23. The maximum atomic E-state index is 12.3. The van der Waals surface area contributed by atoms with E-state index in [9.17, 15) is 13.5 Å². The number of aryl methyl sites for hydroxylation is 2. The van der Waals surface area contributed by atoms with Crippen LogP contribution in [-0.2, 0) is 23.2 Å². The Kier molecular flexibility index (Phi) is 4.46. The standard InChI is InChI=1S/C14H18N2O4S/c1-9-12(8-17)5-4-6-13(9)21(18,19)15-7-14-16-10(2)11(3)20-14/h4-6,15,17H,7-8H2,1-3H3. The molecule has 0 saturated carbocycles. The van der Waals surface area contributed by atoms with Crippen LogP contribution in [0, 0.1) is 20.8 Å². The second kappa shape index (κ2) is 5.97. The highest BCUT2D eigenvalue weighted by atomic mass is 32.2. The van der Waals surface area contributed by atoms with Crippen LogP contribution in [0.3, 0.4) is 0 Å². The predicted molar refractivity (Wildman–Crippen MR) is 77.1 cm³/mol. The van der Waals surface area contributed by atoms with Crippen molar-refractivity contribution in [3.05, 3.63) is 46.7 Å². The van der Waals surface area contributed by atoms with Crippen LogP contribution in [0.25, 0.3) is 0 Å². The number of hydrogen-bond acceptors (Lipinski definition) is 5. The Labute approximate surface area is 123 Å². The van der Waals surface area contributed by atoms with E-state index < -0.39 is 10.0 Å². The van der Waals surface area contributed by atoms with E-state index in [1.165, 1.54) is 6.07 Å². The number of oxazole rings is 1. The van der Waals surface area contributed by atoms with Crippen LogP contribution in [-0.4, -0.2) is 18.5 Å². The van der Waals surface area contributed by atoms with E-state index in [1.807, 2.05) is 0 Å². The highest BCUT2D eigenvalue weighted by Crippen LogP contribution is 2.19. The summed E-state index contributed by atoms with van der Waals surface area (Å²) in [5.41, 5.74) is 1.86. The van der Waals surface area contributed by atoms with Gasteiger partial charge in [-0.3, -0.25) is 0 Å². The predicted octanol–water partition coefficient (Wildman–Crippen LogP) is 1.57. The number of hydrogen-bond donors (Lipinski definition) is 2. The van der Waals surface area contributed by atoms with Crippen LogP contribution in [0.1, 0.15) is 28.5 Å². The summed E-state index contributed by atoms with van der Waals surface area (Å²) >= 11 is 0. The molecule has 0 spiro atoms. The maximum absolute atomic E-state index is 12.3. The molecular weight excluding hydrogens is 292 g/mol. The minimum atomic E-state index is -3.69. The fourth-order valence-electron chi connectivity index (χ4n) is 1.97. The van der Waals surface area contributed by atoms with Gasteiger partial charge in [0.15, 0.2) is 0 Å². The van der Waals surface area contributed by atoms with Gasteiger partial charge >= 0.3 is 0 Å². The number of sulfonamides is 1. The van der Waals surface area contributed by atoms with Gasteiger partial charge in [0.05, 0.1) is 23.7 Å². The molecule has 1 heterocycles. The maximum Gasteiger partial charge on any atom is 0.241 e. The van der Waals surface area contributed by atoms with Crippen molar-refractivity contribution in [3.63, 3.8) is 0 Å². The molecular formula is C14H18N2O4S. The third-order valence-electron chi connectivity index (χ3n) is 3.34. The third kappa shape index (κ3) is 3.31. The molecule has 0 atom stereocenters. The summed E-state index contributed by atoms with van der Waals surface area (Å²) in [4.78, 5) is 4.28. The third-order valence-corrected chi connectivity index (χ3v) is 4.89. The second-order valence-corrected chi connectivity index (χ2v) is 6.51. The van der Waals surface area contributed by atoms with Gasteiger partial charge in [-0.05, 0) is 38.0 Å². The van der Waals surface area contributed by atoms with Crippen molar-refractivity contribution in [1.29, 1.82) is 0 Å². The molecule has 114 valence electrons. The van der Waals surface area contributed by atoms with E-state index in [2.05, 4.69) is 9.71 Å². The molecule has 2 aromatic rings. The van der Waals surface area contributed by atoms with Crippen molar-refractivity contribution in [2.75, 3.05) is 0 Å². The summed E-state index contributed by atoms with van der Waals surface area (Å²) in [6.07, 6.45) is 0. The van der Waals surface area contributed by atoms with E-state index in [0.717, 1.165) is 5.69 Å². The van der Waals surface area contributed by atoms with Gasteiger partial charge in [0, 0.05) is 0 Å². The average Bonchev–Trinajstić information content (AvgIpc) is 2.76. The van der Waals surface area contributed by atoms with Crippen LogP contribution in [0.5, 0.6) is 0 Å². The lowest BCUT2D eigenvalue weighted by molar-refractivity contribution is 0.280. The number of aliphatic hydroxyl groups excluding tert-OH is 1. The second-order valence-electron chi connectivity index (χ2n) is 4.77. The minimum Gasteiger partial charge on any atom is -0.444 e. The van der Waals surface area contributed by atoms with Gasteiger partial charge in [0.1, 0.15) is 5.76 Å². The molecule has 1 aromatic carbocycles. The van der Waals surface area contributed by atoms with E-state index in [4.69, 9.17) is 4.42 Å². The highest BCUT2D eigenvalue weighted by molar-refractivity contribution is 7.89. The van der Waals surface area contributed by atoms with Gasteiger partial charge in [-0.15, -0.1) is 0 Å². The zero-order valence-electron chi connectivity index (χ0n) is 12.2. The molecule has 0 aliphatic rings. The number of aliphatic hydroxyl groups is 1. The summed E-state index contributed by atoms with van der Waals surface area (Å²) in [6.45, 7) is 5.02. The number of nitrogens with zero attached hydrogens (tertiary/aromatic N) is 1. The van der Waals surface area contributed by atoms with E-state index >= 15 is 0 Å². The summed E-state index contributed by atoms with van der Waals surface area (Å²) in [7, 11) is -3.69. The van der Waals surface area contributed by atoms with Gasteiger partial charge in [-0.1, -0.05) is 12.1 Å². The number of benzene rings is 1. The van der Waals surface area contributed by atoms with E-state index in [1.54, 1.807) is 32.9 Å². The summed E-state index contributed by atoms with van der Waals surface area (Å²) < 4.78 is 32.4. The molecule has 1 aromatic heterocycles. The van der Waals surface area contributed by atoms with E-state index in [0.29, 0.717) is 22.8 Å². The normalized spacial score (nSPS) is 11.8. The Morgan fingerprint density at radius 2 is 2.00 bits per heavy atom. The molecule has 0 amide bonds. The lowest BCUT2D eigenvalue weighted by Crippen LogP contribution is -2.24. The Bertz CT molecular complexity index is 731. The number of nitrogens with one attached hydrogen (secondary N) is 1. The summed E-state index contributed by atoms with van der Waals surface area (Å²) in [5, 5.41) is 9.21. The first-order valence-corrected chi connectivity index (χ1v) is 7.95. The van der Waals surface area contributed by atoms with Gasteiger partial charge in [0.25, 0.3) is 0 Å². The van der Waals surface area contributed by atoms with Crippen LogP contribution in [0.15, 0.2) is 27.5 Å². The topological polar surface area (TPSA) is 92.4 Å². The molecule has 7 heteroatoms. The SMILES string of the molecule is Cc1nc(CNS(=O)(=O)c2cccc(CO)c2C)oc1C. The highest BCUT2D eigenvalue weighted by Gasteiger charge is 2.19. The smallest absolute Gasteiger partial charge is 0.241 e. The first-order valence-electron chi connectivity index (χ1n) is 6.47.